The van der Waals surface area contributed by atoms with E-state index in [0.717, 1.165) is 18.5 Å². The minimum atomic E-state index is -0.210. The van der Waals surface area contributed by atoms with Crippen molar-refractivity contribution in [2.24, 2.45) is 5.73 Å². The van der Waals surface area contributed by atoms with Crippen LogP contribution in [-0.2, 0) is 4.79 Å². The molecule has 1 unspecified atom stereocenters. The molecule has 1 amide bonds. The van der Waals surface area contributed by atoms with E-state index in [9.17, 15) is 4.79 Å². The Bertz CT molecular complexity index is 371. The van der Waals surface area contributed by atoms with Gasteiger partial charge in [-0.2, -0.15) is 0 Å². The van der Waals surface area contributed by atoms with Crippen molar-refractivity contribution in [3.05, 3.63) is 35.9 Å². The molecule has 1 aromatic rings. The van der Waals surface area contributed by atoms with Crippen LogP contribution in [0.3, 0.4) is 0 Å². The first-order valence-corrected chi connectivity index (χ1v) is 6.84. The predicted molar refractivity (Wildman–Crippen MR) is 73.3 cm³/mol. The molecule has 1 fully saturated rings. The van der Waals surface area contributed by atoms with E-state index < -0.39 is 0 Å². The Morgan fingerprint density at radius 3 is 2.44 bits per heavy atom. The number of carbonyl (C=O) groups excluding carboxylic acids is 1. The Morgan fingerprint density at radius 2 is 1.83 bits per heavy atom. The van der Waals surface area contributed by atoms with Crippen LogP contribution in [0.25, 0.3) is 0 Å². The van der Waals surface area contributed by atoms with Crippen molar-refractivity contribution in [1.82, 2.24) is 4.90 Å². The van der Waals surface area contributed by atoms with Crippen LogP contribution in [0.4, 0.5) is 0 Å². The molecule has 3 nitrogen and oxygen atoms in total. The number of nitrogens with two attached hydrogens (primary N) is 1. The monoisotopic (exact) mass is 246 g/mol. The summed E-state index contributed by atoms with van der Waals surface area (Å²) in [5.41, 5.74) is 6.57. The number of hydrogen-bond acceptors (Lipinski definition) is 2. The highest BCUT2D eigenvalue weighted by atomic mass is 16.1. The van der Waals surface area contributed by atoms with Gasteiger partial charge in [0.15, 0.2) is 0 Å². The smallest absolute Gasteiger partial charge is 0.225 e. The van der Waals surface area contributed by atoms with Gasteiger partial charge in [0.25, 0.3) is 0 Å². The summed E-state index contributed by atoms with van der Waals surface area (Å²) in [4.78, 5) is 14.0. The van der Waals surface area contributed by atoms with Crippen LogP contribution < -0.4 is 5.73 Å². The van der Waals surface area contributed by atoms with Crippen LogP contribution in [-0.4, -0.2) is 30.4 Å². The maximum Gasteiger partial charge on any atom is 0.225 e. The van der Waals surface area contributed by atoms with Gasteiger partial charge in [-0.3, -0.25) is 4.79 Å². The van der Waals surface area contributed by atoms with Crippen molar-refractivity contribution in [2.45, 2.75) is 31.6 Å². The van der Waals surface area contributed by atoms with Gasteiger partial charge in [-0.15, -0.1) is 0 Å². The number of rotatable bonds is 5. The average molecular weight is 246 g/mol. The fourth-order valence-electron chi connectivity index (χ4n) is 2.65. The predicted octanol–water partition coefficient (Wildman–Crippen LogP) is 2.13. The molecule has 1 atom stereocenters. The largest absolute Gasteiger partial charge is 0.369 e. The zero-order valence-electron chi connectivity index (χ0n) is 10.8. The second kappa shape index (κ2) is 6.55. The molecule has 1 aliphatic heterocycles. The standard InChI is InChI=1S/C15H22N2O/c16-15(18)14(13-7-3-1-4-8-13)9-12-17-10-5-2-6-11-17/h1,3-4,7-8,14H,2,5-6,9-12H2,(H2,16,18). The highest BCUT2D eigenvalue weighted by Crippen LogP contribution is 2.20. The molecule has 0 radical (unpaired) electrons. The van der Waals surface area contributed by atoms with Crippen LogP contribution in [0, 0.1) is 0 Å². The second-order valence-electron chi connectivity index (χ2n) is 5.06. The summed E-state index contributed by atoms with van der Waals surface area (Å²) in [6, 6.07) is 9.88. The Kier molecular flexibility index (Phi) is 4.76. The normalized spacial score (nSPS) is 18.4. The maximum atomic E-state index is 11.6. The van der Waals surface area contributed by atoms with Crippen LogP contribution in [0.15, 0.2) is 30.3 Å². The molecule has 18 heavy (non-hydrogen) atoms. The van der Waals surface area contributed by atoms with E-state index >= 15 is 0 Å². The molecule has 2 rings (SSSR count). The van der Waals surface area contributed by atoms with E-state index in [1.807, 2.05) is 30.3 Å². The molecule has 3 heteroatoms. The van der Waals surface area contributed by atoms with Crippen molar-refractivity contribution in [1.29, 1.82) is 0 Å². The van der Waals surface area contributed by atoms with Gasteiger partial charge in [-0.1, -0.05) is 36.8 Å². The van der Waals surface area contributed by atoms with E-state index in [1.54, 1.807) is 0 Å². The van der Waals surface area contributed by atoms with Gasteiger partial charge in [0.2, 0.25) is 5.91 Å². The molecule has 0 aliphatic carbocycles. The molecule has 0 bridgehead atoms. The molecule has 0 saturated carbocycles. The maximum absolute atomic E-state index is 11.6. The van der Waals surface area contributed by atoms with Crippen molar-refractivity contribution in [3.63, 3.8) is 0 Å². The third-order valence-corrected chi connectivity index (χ3v) is 3.73. The summed E-state index contributed by atoms with van der Waals surface area (Å²) < 4.78 is 0. The summed E-state index contributed by atoms with van der Waals surface area (Å²) in [5.74, 6) is -0.355. The molecule has 1 heterocycles. The van der Waals surface area contributed by atoms with E-state index in [1.165, 1.54) is 32.4 Å². The topological polar surface area (TPSA) is 46.3 Å². The van der Waals surface area contributed by atoms with Crippen LogP contribution >= 0.6 is 0 Å². The minimum absolute atomic E-state index is 0.145. The number of nitrogens with zero attached hydrogens (tertiary/aromatic N) is 1. The number of benzene rings is 1. The fourth-order valence-corrected chi connectivity index (χ4v) is 2.65. The molecule has 0 spiro atoms. The zero-order valence-corrected chi connectivity index (χ0v) is 10.8. The molecule has 0 aromatic heterocycles. The summed E-state index contributed by atoms with van der Waals surface area (Å²) in [6.45, 7) is 3.31. The zero-order chi connectivity index (χ0) is 12.8. The Balaban J connectivity index is 1.92. The number of likely N-dealkylation sites (tertiary alicyclic amines) is 1. The van der Waals surface area contributed by atoms with Crippen molar-refractivity contribution in [2.75, 3.05) is 19.6 Å². The highest BCUT2D eigenvalue weighted by Gasteiger charge is 2.19. The van der Waals surface area contributed by atoms with Gasteiger partial charge in [0.1, 0.15) is 0 Å². The van der Waals surface area contributed by atoms with Gasteiger partial charge in [0.05, 0.1) is 5.92 Å². The van der Waals surface area contributed by atoms with Gasteiger partial charge in [-0.05, 0) is 44.5 Å². The van der Waals surface area contributed by atoms with Gasteiger partial charge in [0, 0.05) is 0 Å². The molecular formula is C15H22N2O. The SMILES string of the molecule is NC(=O)C(CCN1CCCCC1)c1ccccc1. The third kappa shape index (κ3) is 3.57. The second-order valence-corrected chi connectivity index (χ2v) is 5.06. The molecule has 2 N–H and O–H groups in total. The lowest BCUT2D eigenvalue weighted by atomic mass is 9.94. The molecule has 1 aliphatic rings. The first-order valence-electron chi connectivity index (χ1n) is 6.84. The lowest BCUT2D eigenvalue weighted by Crippen LogP contribution is -2.33. The van der Waals surface area contributed by atoms with E-state index in [-0.39, 0.29) is 11.8 Å². The number of hydrogen-bond donors (Lipinski definition) is 1. The number of amides is 1. The molecule has 1 saturated heterocycles. The Hall–Kier alpha value is -1.35. The lowest BCUT2D eigenvalue weighted by molar-refractivity contribution is -0.119. The van der Waals surface area contributed by atoms with Crippen LogP contribution in [0.5, 0.6) is 0 Å². The van der Waals surface area contributed by atoms with Gasteiger partial charge in [-0.25, -0.2) is 0 Å². The summed E-state index contributed by atoms with van der Waals surface area (Å²) in [5, 5.41) is 0. The quantitative estimate of drug-likeness (QED) is 0.865. The fraction of sp³-hybridized carbons (Fsp3) is 0.533. The Morgan fingerprint density at radius 1 is 1.17 bits per heavy atom. The first-order chi connectivity index (χ1) is 8.77. The Labute approximate surface area is 109 Å². The van der Waals surface area contributed by atoms with Crippen molar-refractivity contribution >= 4 is 5.91 Å². The summed E-state index contributed by atoms with van der Waals surface area (Å²) >= 11 is 0. The van der Waals surface area contributed by atoms with E-state index in [4.69, 9.17) is 5.73 Å². The average Bonchev–Trinajstić information content (AvgIpc) is 2.41. The van der Waals surface area contributed by atoms with Crippen LogP contribution in [0.2, 0.25) is 0 Å². The van der Waals surface area contributed by atoms with Crippen LogP contribution in [0.1, 0.15) is 37.2 Å². The van der Waals surface area contributed by atoms with Gasteiger partial charge < -0.3 is 10.6 Å². The highest BCUT2D eigenvalue weighted by molar-refractivity contribution is 5.81. The molecule has 98 valence electrons. The molecular weight excluding hydrogens is 224 g/mol. The van der Waals surface area contributed by atoms with Gasteiger partial charge >= 0.3 is 0 Å². The number of primary amides is 1. The first kappa shape index (κ1) is 13.1. The third-order valence-electron chi connectivity index (χ3n) is 3.73. The van der Waals surface area contributed by atoms with E-state index in [2.05, 4.69) is 4.90 Å². The summed E-state index contributed by atoms with van der Waals surface area (Å²) in [7, 11) is 0. The summed E-state index contributed by atoms with van der Waals surface area (Å²) in [6.07, 6.45) is 4.74. The van der Waals surface area contributed by atoms with Crippen molar-refractivity contribution in [3.8, 4) is 0 Å². The lowest BCUT2D eigenvalue weighted by Gasteiger charge is -2.27. The van der Waals surface area contributed by atoms with Crippen molar-refractivity contribution < 1.29 is 4.79 Å². The number of carbonyl (C=O) groups is 1. The van der Waals surface area contributed by atoms with E-state index in [0.29, 0.717) is 0 Å². The molecule has 1 aromatic carbocycles. The number of piperidine rings is 1. The minimum Gasteiger partial charge on any atom is -0.369 e.